The number of amides is 1. The number of nitrogens with two attached hydrogens (primary N) is 1. The SMILES string of the molecule is COc1ccc(Cl)cc1CNCCC(N)=O. The fourth-order valence-electron chi connectivity index (χ4n) is 1.32. The lowest BCUT2D eigenvalue weighted by Gasteiger charge is -2.09. The zero-order valence-electron chi connectivity index (χ0n) is 9.13. The summed E-state index contributed by atoms with van der Waals surface area (Å²) in [5.74, 6) is 0.460. The summed E-state index contributed by atoms with van der Waals surface area (Å²) in [4.78, 5) is 10.5. The molecule has 1 aromatic carbocycles. The molecule has 1 rings (SSSR count). The van der Waals surface area contributed by atoms with Crippen LogP contribution in [0.2, 0.25) is 5.02 Å². The maximum atomic E-state index is 10.5. The third kappa shape index (κ3) is 4.08. The van der Waals surface area contributed by atoms with Gasteiger partial charge in [-0.15, -0.1) is 0 Å². The summed E-state index contributed by atoms with van der Waals surface area (Å²) in [6.45, 7) is 1.14. The van der Waals surface area contributed by atoms with Crippen LogP contribution in [0.25, 0.3) is 0 Å². The third-order valence-electron chi connectivity index (χ3n) is 2.11. The van der Waals surface area contributed by atoms with Crippen LogP contribution in [0.4, 0.5) is 0 Å². The number of hydrogen-bond donors (Lipinski definition) is 2. The summed E-state index contributed by atoms with van der Waals surface area (Å²) in [6, 6.07) is 5.42. The van der Waals surface area contributed by atoms with Gasteiger partial charge in [0.05, 0.1) is 7.11 Å². The number of halogens is 1. The lowest BCUT2D eigenvalue weighted by Crippen LogP contribution is -2.21. The van der Waals surface area contributed by atoms with Crippen LogP contribution in [0, 0.1) is 0 Å². The molecule has 0 bridgehead atoms. The summed E-state index contributed by atoms with van der Waals surface area (Å²) in [7, 11) is 1.61. The number of ether oxygens (including phenoxy) is 1. The summed E-state index contributed by atoms with van der Waals surface area (Å²) >= 11 is 5.88. The van der Waals surface area contributed by atoms with E-state index in [2.05, 4.69) is 5.32 Å². The first kappa shape index (κ1) is 12.8. The smallest absolute Gasteiger partial charge is 0.218 e. The molecule has 1 aromatic rings. The van der Waals surface area contributed by atoms with Gasteiger partial charge in [0.25, 0.3) is 0 Å². The van der Waals surface area contributed by atoms with Crippen molar-refractivity contribution in [2.45, 2.75) is 13.0 Å². The largest absolute Gasteiger partial charge is 0.496 e. The van der Waals surface area contributed by atoms with Crippen LogP contribution in [0.1, 0.15) is 12.0 Å². The van der Waals surface area contributed by atoms with Crippen LogP contribution in [0.15, 0.2) is 18.2 Å². The van der Waals surface area contributed by atoms with Gasteiger partial charge in [-0.1, -0.05) is 11.6 Å². The summed E-state index contributed by atoms with van der Waals surface area (Å²) < 4.78 is 5.19. The molecule has 0 aromatic heterocycles. The van der Waals surface area contributed by atoms with Crippen molar-refractivity contribution >= 4 is 17.5 Å². The Morgan fingerprint density at radius 1 is 1.56 bits per heavy atom. The van der Waals surface area contributed by atoms with E-state index in [9.17, 15) is 4.79 Å². The maximum absolute atomic E-state index is 10.5. The monoisotopic (exact) mass is 242 g/mol. The lowest BCUT2D eigenvalue weighted by atomic mass is 10.2. The Morgan fingerprint density at radius 2 is 2.31 bits per heavy atom. The molecule has 5 heteroatoms. The topological polar surface area (TPSA) is 64.3 Å². The van der Waals surface area contributed by atoms with Crippen molar-refractivity contribution in [2.75, 3.05) is 13.7 Å². The number of methoxy groups -OCH3 is 1. The zero-order chi connectivity index (χ0) is 12.0. The summed E-state index contributed by atoms with van der Waals surface area (Å²) in [5, 5.41) is 3.76. The molecule has 0 saturated carbocycles. The second kappa shape index (κ2) is 6.35. The van der Waals surface area contributed by atoms with E-state index in [-0.39, 0.29) is 5.91 Å². The van der Waals surface area contributed by atoms with Gasteiger partial charge in [0, 0.05) is 30.1 Å². The molecular formula is C11H15ClN2O2. The fraction of sp³-hybridized carbons (Fsp3) is 0.364. The minimum Gasteiger partial charge on any atom is -0.496 e. The van der Waals surface area contributed by atoms with Crippen molar-refractivity contribution in [2.24, 2.45) is 5.73 Å². The molecular weight excluding hydrogens is 228 g/mol. The molecule has 4 nitrogen and oxygen atoms in total. The molecule has 88 valence electrons. The molecule has 0 aliphatic carbocycles. The number of benzene rings is 1. The molecule has 3 N–H and O–H groups in total. The van der Waals surface area contributed by atoms with E-state index in [0.717, 1.165) is 11.3 Å². The van der Waals surface area contributed by atoms with Gasteiger partial charge in [0.2, 0.25) is 5.91 Å². The van der Waals surface area contributed by atoms with Crippen LogP contribution in [0.3, 0.4) is 0 Å². The number of hydrogen-bond acceptors (Lipinski definition) is 3. The first-order valence-electron chi connectivity index (χ1n) is 4.95. The van der Waals surface area contributed by atoms with Crippen LogP contribution >= 0.6 is 11.6 Å². The summed E-state index contributed by atoms with van der Waals surface area (Å²) in [5.41, 5.74) is 5.99. The number of carbonyl (C=O) groups is 1. The maximum Gasteiger partial charge on any atom is 0.218 e. The molecule has 16 heavy (non-hydrogen) atoms. The van der Waals surface area contributed by atoms with Crippen molar-refractivity contribution in [3.63, 3.8) is 0 Å². The molecule has 1 amide bonds. The van der Waals surface area contributed by atoms with Gasteiger partial charge >= 0.3 is 0 Å². The second-order valence-corrected chi connectivity index (χ2v) is 3.79. The first-order chi connectivity index (χ1) is 7.63. The van der Waals surface area contributed by atoms with Crippen LogP contribution < -0.4 is 15.8 Å². The second-order valence-electron chi connectivity index (χ2n) is 3.35. The van der Waals surface area contributed by atoms with E-state index in [0.29, 0.717) is 24.5 Å². The van der Waals surface area contributed by atoms with Gasteiger partial charge in [-0.25, -0.2) is 0 Å². The molecule has 0 unspecified atom stereocenters. The molecule has 0 saturated heterocycles. The predicted molar refractivity (Wildman–Crippen MR) is 63.5 cm³/mol. The van der Waals surface area contributed by atoms with Crippen molar-refractivity contribution in [1.29, 1.82) is 0 Å². The average molecular weight is 243 g/mol. The van der Waals surface area contributed by atoms with Crippen LogP contribution in [0.5, 0.6) is 5.75 Å². The van der Waals surface area contributed by atoms with E-state index in [4.69, 9.17) is 22.1 Å². The zero-order valence-corrected chi connectivity index (χ0v) is 9.88. The lowest BCUT2D eigenvalue weighted by molar-refractivity contribution is -0.117. The molecule has 0 fully saturated rings. The fourth-order valence-corrected chi connectivity index (χ4v) is 1.51. The van der Waals surface area contributed by atoms with Crippen molar-refractivity contribution in [3.05, 3.63) is 28.8 Å². The van der Waals surface area contributed by atoms with Crippen molar-refractivity contribution < 1.29 is 9.53 Å². The molecule has 0 atom stereocenters. The molecule has 0 spiro atoms. The normalized spacial score (nSPS) is 10.1. The molecule has 0 aliphatic rings. The Hall–Kier alpha value is -1.26. The van der Waals surface area contributed by atoms with E-state index in [1.807, 2.05) is 12.1 Å². The summed E-state index contributed by atoms with van der Waals surface area (Å²) in [6.07, 6.45) is 0.322. The Bertz CT molecular complexity index is 369. The van der Waals surface area contributed by atoms with E-state index in [1.54, 1.807) is 13.2 Å². The number of rotatable bonds is 6. The number of nitrogens with one attached hydrogen (secondary N) is 1. The Labute approximate surface area is 99.7 Å². The van der Waals surface area contributed by atoms with E-state index < -0.39 is 0 Å². The highest BCUT2D eigenvalue weighted by atomic mass is 35.5. The first-order valence-corrected chi connectivity index (χ1v) is 5.32. The van der Waals surface area contributed by atoms with Gasteiger partial charge in [-0.2, -0.15) is 0 Å². The van der Waals surface area contributed by atoms with E-state index in [1.165, 1.54) is 0 Å². The highest BCUT2D eigenvalue weighted by Crippen LogP contribution is 2.22. The van der Waals surface area contributed by atoms with Gasteiger partial charge in [-0.05, 0) is 18.2 Å². The predicted octanol–water partition coefficient (Wildman–Crippen LogP) is 1.31. The highest BCUT2D eigenvalue weighted by Gasteiger charge is 2.03. The van der Waals surface area contributed by atoms with Crippen LogP contribution in [-0.4, -0.2) is 19.6 Å². The van der Waals surface area contributed by atoms with Gasteiger partial charge in [0.1, 0.15) is 5.75 Å². The number of carbonyl (C=O) groups excluding carboxylic acids is 1. The quantitative estimate of drug-likeness (QED) is 0.740. The Morgan fingerprint density at radius 3 is 2.94 bits per heavy atom. The Balaban J connectivity index is 2.51. The highest BCUT2D eigenvalue weighted by molar-refractivity contribution is 6.30. The minimum absolute atomic E-state index is 0.314. The van der Waals surface area contributed by atoms with E-state index >= 15 is 0 Å². The molecule has 0 radical (unpaired) electrons. The van der Waals surface area contributed by atoms with Crippen molar-refractivity contribution in [1.82, 2.24) is 5.32 Å². The molecule has 0 heterocycles. The third-order valence-corrected chi connectivity index (χ3v) is 2.34. The minimum atomic E-state index is -0.314. The molecule has 0 aliphatic heterocycles. The Kier molecular flexibility index (Phi) is 5.08. The van der Waals surface area contributed by atoms with Crippen molar-refractivity contribution in [3.8, 4) is 5.75 Å². The van der Waals surface area contributed by atoms with Gasteiger partial charge in [-0.3, -0.25) is 4.79 Å². The average Bonchev–Trinajstić information content (AvgIpc) is 2.24. The van der Waals surface area contributed by atoms with Crippen LogP contribution in [-0.2, 0) is 11.3 Å². The van der Waals surface area contributed by atoms with Gasteiger partial charge in [0.15, 0.2) is 0 Å². The number of primary amides is 1. The van der Waals surface area contributed by atoms with Gasteiger partial charge < -0.3 is 15.8 Å². The standard InChI is InChI=1S/C11H15ClN2O2/c1-16-10-3-2-9(12)6-8(10)7-14-5-4-11(13)15/h2-3,6,14H,4-5,7H2,1H3,(H2,13,15).